The van der Waals surface area contributed by atoms with E-state index in [1.807, 2.05) is 35.0 Å². The number of carbonyl (C=O) groups is 1. The van der Waals surface area contributed by atoms with Gasteiger partial charge in [-0.05, 0) is 25.0 Å². The molecule has 1 fully saturated rings. The molecule has 0 spiro atoms. The van der Waals surface area contributed by atoms with Crippen LogP contribution >= 0.6 is 0 Å². The number of carbonyl (C=O) groups excluding carboxylic acids is 1. The van der Waals surface area contributed by atoms with E-state index in [0.29, 0.717) is 6.54 Å². The summed E-state index contributed by atoms with van der Waals surface area (Å²) in [6.45, 7) is 0.563. The molecule has 2 aromatic heterocycles. The third-order valence-electron chi connectivity index (χ3n) is 4.19. The van der Waals surface area contributed by atoms with Crippen LogP contribution in [0.15, 0.2) is 30.6 Å². The number of fused-ring (bicyclic) bond motifs is 1. The zero-order valence-electron chi connectivity index (χ0n) is 12.0. The normalized spacial score (nSPS) is 22.3. The second kappa shape index (κ2) is 6.26. The van der Waals surface area contributed by atoms with Gasteiger partial charge in [-0.25, -0.2) is 4.98 Å². The van der Waals surface area contributed by atoms with Crippen LogP contribution in [0.4, 0.5) is 0 Å². The van der Waals surface area contributed by atoms with Crippen molar-refractivity contribution >= 4 is 11.6 Å². The van der Waals surface area contributed by atoms with Crippen LogP contribution < -0.4 is 5.32 Å². The molecule has 112 valence electrons. The Morgan fingerprint density at radius 2 is 2.24 bits per heavy atom. The summed E-state index contributed by atoms with van der Waals surface area (Å²) in [5.41, 5.74) is 1.62. The van der Waals surface area contributed by atoms with Gasteiger partial charge in [0.25, 0.3) is 0 Å². The molecule has 0 bridgehead atoms. The average molecular weight is 287 g/mol. The zero-order valence-corrected chi connectivity index (χ0v) is 12.0. The molecule has 1 aliphatic carbocycles. The van der Waals surface area contributed by atoms with Crippen LogP contribution in [0, 0.1) is 5.92 Å². The molecule has 2 aromatic rings. The minimum Gasteiger partial charge on any atom is -0.393 e. The van der Waals surface area contributed by atoms with Crippen molar-refractivity contribution in [2.24, 2.45) is 5.92 Å². The molecule has 2 atom stereocenters. The second-order valence-electron chi connectivity index (χ2n) is 5.79. The lowest BCUT2D eigenvalue weighted by Crippen LogP contribution is -2.37. The maximum absolute atomic E-state index is 12.0. The first-order valence-corrected chi connectivity index (χ1v) is 7.60. The van der Waals surface area contributed by atoms with Crippen LogP contribution in [0.3, 0.4) is 0 Å². The first-order chi connectivity index (χ1) is 10.2. The van der Waals surface area contributed by atoms with Crippen molar-refractivity contribution in [3.8, 4) is 0 Å². The van der Waals surface area contributed by atoms with Crippen LogP contribution in [0.25, 0.3) is 5.65 Å². The predicted molar refractivity (Wildman–Crippen MR) is 79.9 cm³/mol. The van der Waals surface area contributed by atoms with Crippen molar-refractivity contribution in [2.45, 2.75) is 38.2 Å². The van der Waals surface area contributed by atoms with E-state index in [4.69, 9.17) is 0 Å². The van der Waals surface area contributed by atoms with Crippen molar-refractivity contribution in [3.05, 3.63) is 36.3 Å². The molecule has 2 heterocycles. The summed E-state index contributed by atoms with van der Waals surface area (Å²) in [6, 6.07) is 5.78. The molecule has 2 unspecified atom stereocenters. The van der Waals surface area contributed by atoms with Gasteiger partial charge in [0.2, 0.25) is 5.91 Å². The minimum absolute atomic E-state index is 0.0313. The van der Waals surface area contributed by atoms with Gasteiger partial charge in [-0.15, -0.1) is 0 Å². The van der Waals surface area contributed by atoms with E-state index in [1.54, 1.807) is 0 Å². The number of nitrogens with zero attached hydrogens (tertiary/aromatic N) is 2. The van der Waals surface area contributed by atoms with Crippen LogP contribution in [0.2, 0.25) is 0 Å². The van der Waals surface area contributed by atoms with Gasteiger partial charge in [0, 0.05) is 24.9 Å². The lowest BCUT2D eigenvalue weighted by molar-refractivity contribution is -0.120. The fourth-order valence-electron chi connectivity index (χ4n) is 2.97. The lowest BCUT2D eigenvalue weighted by Gasteiger charge is -2.27. The molecule has 2 N–H and O–H groups in total. The first-order valence-electron chi connectivity index (χ1n) is 7.60. The van der Waals surface area contributed by atoms with E-state index in [9.17, 15) is 9.90 Å². The molecule has 1 saturated carbocycles. The van der Waals surface area contributed by atoms with Gasteiger partial charge in [0.15, 0.2) is 0 Å². The highest BCUT2D eigenvalue weighted by atomic mass is 16.3. The molecule has 5 heteroatoms. The van der Waals surface area contributed by atoms with Crippen LogP contribution in [-0.2, 0) is 11.2 Å². The van der Waals surface area contributed by atoms with Crippen molar-refractivity contribution < 1.29 is 9.90 Å². The second-order valence-corrected chi connectivity index (χ2v) is 5.79. The lowest BCUT2D eigenvalue weighted by atomic mass is 9.86. The summed E-state index contributed by atoms with van der Waals surface area (Å²) in [5, 5.41) is 12.8. The molecule has 1 amide bonds. The summed E-state index contributed by atoms with van der Waals surface area (Å²) in [5.74, 6) is 0.167. The SMILES string of the molecule is O=C(Cc1cn2ccccc2n1)NCC1CCCCC1O. The number of rotatable bonds is 4. The number of aliphatic hydroxyl groups excluding tert-OH is 1. The van der Waals surface area contributed by atoms with E-state index in [2.05, 4.69) is 10.3 Å². The molecule has 1 aliphatic rings. The summed E-state index contributed by atoms with van der Waals surface area (Å²) in [4.78, 5) is 16.4. The molecule has 0 aromatic carbocycles. The maximum atomic E-state index is 12.0. The Bertz CT molecular complexity index is 590. The quantitative estimate of drug-likeness (QED) is 0.896. The molecule has 0 radical (unpaired) electrons. The Balaban J connectivity index is 1.53. The summed E-state index contributed by atoms with van der Waals surface area (Å²) in [7, 11) is 0. The van der Waals surface area contributed by atoms with Crippen molar-refractivity contribution in [3.63, 3.8) is 0 Å². The van der Waals surface area contributed by atoms with E-state index in [1.165, 1.54) is 0 Å². The van der Waals surface area contributed by atoms with Crippen molar-refractivity contribution in [2.75, 3.05) is 6.54 Å². The summed E-state index contributed by atoms with van der Waals surface area (Å²) < 4.78 is 1.91. The Morgan fingerprint density at radius 1 is 1.38 bits per heavy atom. The van der Waals surface area contributed by atoms with E-state index < -0.39 is 0 Å². The van der Waals surface area contributed by atoms with Gasteiger partial charge in [-0.1, -0.05) is 18.9 Å². The topological polar surface area (TPSA) is 66.6 Å². The molecule has 0 saturated heterocycles. The zero-order chi connectivity index (χ0) is 14.7. The first kappa shape index (κ1) is 14.1. The smallest absolute Gasteiger partial charge is 0.226 e. The van der Waals surface area contributed by atoms with Crippen molar-refractivity contribution in [1.29, 1.82) is 0 Å². The third-order valence-corrected chi connectivity index (χ3v) is 4.19. The van der Waals surface area contributed by atoms with Crippen LogP contribution in [-0.4, -0.2) is 33.0 Å². The van der Waals surface area contributed by atoms with Gasteiger partial charge in [0.1, 0.15) is 5.65 Å². The number of amides is 1. The van der Waals surface area contributed by atoms with Gasteiger partial charge in [-0.3, -0.25) is 4.79 Å². The van der Waals surface area contributed by atoms with Crippen LogP contribution in [0.5, 0.6) is 0 Å². The number of pyridine rings is 1. The number of aliphatic hydroxyl groups is 1. The molecular formula is C16H21N3O2. The molecule has 21 heavy (non-hydrogen) atoms. The fraction of sp³-hybridized carbons (Fsp3) is 0.500. The van der Waals surface area contributed by atoms with Gasteiger partial charge >= 0.3 is 0 Å². The maximum Gasteiger partial charge on any atom is 0.226 e. The Labute approximate surface area is 124 Å². The summed E-state index contributed by atoms with van der Waals surface area (Å²) in [6.07, 6.45) is 7.89. The Hall–Kier alpha value is -1.88. The highest BCUT2D eigenvalue weighted by molar-refractivity contribution is 5.78. The monoisotopic (exact) mass is 287 g/mol. The Morgan fingerprint density at radius 3 is 3.05 bits per heavy atom. The minimum atomic E-state index is -0.269. The number of hydrogen-bond donors (Lipinski definition) is 2. The Kier molecular flexibility index (Phi) is 4.20. The number of nitrogens with one attached hydrogen (secondary N) is 1. The standard InChI is InChI=1S/C16H21N3O2/c20-14-6-2-1-5-12(14)10-17-16(21)9-13-11-19-8-4-3-7-15(19)18-13/h3-4,7-8,11-12,14,20H,1-2,5-6,9-10H2,(H,17,21). The van der Waals surface area contributed by atoms with E-state index in [0.717, 1.165) is 37.0 Å². The number of aromatic nitrogens is 2. The predicted octanol–water partition coefficient (Wildman–Crippen LogP) is 1.54. The van der Waals surface area contributed by atoms with E-state index >= 15 is 0 Å². The van der Waals surface area contributed by atoms with Gasteiger partial charge in [-0.2, -0.15) is 0 Å². The highest BCUT2D eigenvalue weighted by Gasteiger charge is 2.23. The molecule has 5 nitrogen and oxygen atoms in total. The average Bonchev–Trinajstić information content (AvgIpc) is 2.88. The fourth-order valence-corrected chi connectivity index (χ4v) is 2.97. The number of hydrogen-bond acceptors (Lipinski definition) is 3. The third kappa shape index (κ3) is 3.42. The van der Waals surface area contributed by atoms with Gasteiger partial charge < -0.3 is 14.8 Å². The van der Waals surface area contributed by atoms with E-state index in [-0.39, 0.29) is 24.3 Å². The molecule has 0 aliphatic heterocycles. The highest BCUT2D eigenvalue weighted by Crippen LogP contribution is 2.23. The molecule has 3 rings (SSSR count). The van der Waals surface area contributed by atoms with Crippen molar-refractivity contribution in [1.82, 2.24) is 14.7 Å². The largest absolute Gasteiger partial charge is 0.393 e. The summed E-state index contributed by atoms with van der Waals surface area (Å²) >= 11 is 0. The van der Waals surface area contributed by atoms with Crippen LogP contribution in [0.1, 0.15) is 31.4 Å². The molecular weight excluding hydrogens is 266 g/mol. The number of imidazole rings is 1. The van der Waals surface area contributed by atoms with Gasteiger partial charge in [0.05, 0.1) is 18.2 Å².